The minimum atomic E-state index is 0. The number of hydrogen-bond acceptors (Lipinski definition) is 4. The van der Waals surface area contributed by atoms with Gasteiger partial charge in [-0.2, -0.15) is 0 Å². The summed E-state index contributed by atoms with van der Waals surface area (Å²) in [4.78, 5) is 19.2. The maximum absolute atomic E-state index is 12.7. The summed E-state index contributed by atoms with van der Waals surface area (Å²) in [6.45, 7) is 2.75. The molecule has 2 aromatic rings. The first-order valence-corrected chi connectivity index (χ1v) is 8.80. The Hall–Kier alpha value is -0.880. The Balaban J connectivity index is 0.00000104. The Kier molecular flexibility index (Phi) is 6.13. The average molecular weight is 388 g/mol. The lowest BCUT2D eigenvalue weighted by molar-refractivity contribution is -0.132. The van der Waals surface area contributed by atoms with Crippen LogP contribution in [0.4, 0.5) is 0 Å². The van der Waals surface area contributed by atoms with E-state index in [1.54, 1.807) is 11.3 Å². The average Bonchev–Trinajstić information content (AvgIpc) is 3.05. The summed E-state index contributed by atoms with van der Waals surface area (Å²) in [6, 6.07) is 8.15. The van der Waals surface area contributed by atoms with E-state index >= 15 is 0 Å². The van der Waals surface area contributed by atoms with E-state index < -0.39 is 0 Å². The Morgan fingerprint density at radius 3 is 2.75 bits per heavy atom. The molecule has 24 heavy (non-hydrogen) atoms. The van der Waals surface area contributed by atoms with Gasteiger partial charge in [0.25, 0.3) is 0 Å². The zero-order valence-electron chi connectivity index (χ0n) is 13.7. The van der Waals surface area contributed by atoms with Crippen molar-refractivity contribution in [3.8, 4) is 0 Å². The molecule has 1 spiro atoms. The summed E-state index contributed by atoms with van der Waals surface area (Å²) < 4.78 is 1.19. The molecule has 2 fully saturated rings. The third-order valence-electron chi connectivity index (χ3n) is 5.17. The lowest BCUT2D eigenvalue weighted by Crippen LogP contribution is -2.34. The van der Waals surface area contributed by atoms with Crippen molar-refractivity contribution in [2.45, 2.75) is 25.8 Å². The summed E-state index contributed by atoms with van der Waals surface area (Å²) in [5.74, 6) is 0.551. The van der Waals surface area contributed by atoms with Gasteiger partial charge in [-0.25, -0.2) is 4.98 Å². The molecule has 2 heterocycles. The second-order valence-corrected chi connectivity index (χ2v) is 7.75. The molecule has 1 unspecified atom stereocenters. The predicted octanol–water partition coefficient (Wildman–Crippen LogP) is 3.49. The predicted molar refractivity (Wildman–Crippen MR) is 103 cm³/mol. The van der Waals surface area contributed by atoms with Gasteiger partial charge in [-0.15, -0.1) is 36.2 Å². The highest BCUT2D eigenvalue weighted by molar-refractivity contribution is 7.18. The summed E-state index contributed by atoms with van der Waals surface area (Å²) >= 11 is 1.69. The van der Waals surface area contributed by atoms with Crippen molar-refractivity contribution in [1.82, 2.24) is 15.2 Å². The SMILES string of the molecule is CN(Cc1nc2ccccc2s1)C(=O)C1CC12CCNCC2.Cl.Cl. The molecule has 4 rings (SSSR count). The summed E-state index contributed by atoms with van der Waals surface area (Å²) in [6.07, 6.45) is 3.38. The number of aromatic nitrogens is 1. The highest BCUT2D eigenvalue weighted by Crippen LogP contribution is 2.59. The zero-order valence-corrected chi connectivity index (χ0v) is 16.1. The number of benzene rings is 1. The van der Waals surface area contributed by atoms with Crippen molar-refractivity contribution in [1.29, 1.82) is 0 Å². The van der Waals surface area contributed by atoms with Crippen LogP contribution in [0.5, 0.6) is 0 Å². The lowest BCUT2D eigenvalue weighted by atomic mass is 9.91. The van der Waals surface area contributed by atoms with Gasteiger partial charge in [0.1, 0.15) is 5.01 Å². The van der Waals surface area contributed by atoms with Gasteiger partial charge in [0.05, 0.1) is 16.8 Å². The van der Waals surface area contributed by atoms with Crippen LogP contribution in [0.3, 0.4) is 0 Å². The molecule has 1 atom stereocenters. The topological polar surface area (TPSA) is 45.2 Å². The Morgan fingerprint density at radius 1 is 1.33 bits per heavy atom. The van der Waals surface area contributed by atoms with Crippen molar-refractivity contribution in [2.24, 2.45) is 11.3 Å². The maximum Gasteiger partial charge on any atom is 0.226 e. The normalized spacial score (nSPS) is 21.0. The number of fused-ring (bicyclic) bond motifs is 1. The Labute approximate surface area is 158 Å². The summed E-state index contributed by atoms with van der Waals surface area (Å²) in [5.41, 5.74) is 1.34. The fourth-order valence-electron chi connectivity index (χ4n) is 3.71. The number of amides is 1. The minimum Gasteiger partial charge on any atom is -0.339 e. The molecule has 1 saturated carbocycles. The van der Waals surface area contributed by atoms with Gasteiger partial charge in [0, 0.05) is 13.0 Å². The van der Waals surface area contributed by atoms with Crippen molar-refractivity contribution in [3.63, 3.8) is 0 Å². The van der Waals surface area contributed by atoms with Crippen LogP contribution >= 0.6 is 36.2 Å². The molecule has 1 aliphatic carbocycles. The zero-order chi connectivity index (χ0) is 15.2. The maximum atomic E-state index is 12.7. The standard InChI is InChI=1S/C17H21N3OS.2ClH/c1-20(11-15-19-13-4-2-3-5-14(13)22-15)16(21)12-10-17(12)6-8-18-9-7-17;;/h2-5,12,18H,6-11H2,1H3;2*1H. The van der Waals surface area contributed by atoms with Crippen LogP contribution in [-0.2, 0) is 11.3 Å². The lowest BCUT2D eigenvalue weighted by Gasteiger charge is -2.24. The first kappa shape index (κ1) is 19.4. The molecular formula is C17H23Cl2N3OS. The molecule has 132 valence electrons. The number of carbonyl (C=O) groups excluding carboxylic acids is 1. The van der Waals surface area contributed by atoms with Crippen LogP contribution in [0.1, 0.15) is 24.3 Å². The number of rotatable bonds is 3. The van der Waals surface area contributed by atoms with Crippen molar-refractivity contribution < 1.29 is 4.79 Å². The molecule has 0 radical (unpaired) electrons. The molecule has 4 nitrogen and oxygen atoms in total. The number of hydrogen-bond donors (Lipinski definition) is 1. The number of piperidine rings is 1. The van der Waals surface area contributed by atoms with Gasteiger partial charge in [0.2, 0.25) is 5.91 Å². The number of carbonyl (C=O) groups is 1. The number of nitrogens with zero attached hydrogens (tertiary/aromatic N) is 2. The molecular weight excluding hydrogens is 365 g/mol. The third kappa shape index (κ3) is 3.54. The van der Waals surface area contributed by atoms with Crippen molar-refractivity contribution in [2.75, 3.05) is 20.1 Å². The first-order chi connectivity index (χ1) is 10.7. The molecule has 1 N–H and O–H groups in total. The largest absolute Gasteiger partial charge is 0.339 e. The Morgan fingerprint density at radius 2 is 2.04 bits per heavy atom. The quantitative estimate of drug-likeness (QED) is 0.876. The first-order valence-electron chi connectivity index (χ1n) is 7.98. The van der Waals surface area contributed by atoms with Gasteiger partial charge >= 0.3 is 0 Å². The number of para-hydroxylation sites is 1. The van der Waals surface area contributed by atoms with Crippen molar-refractivity contribution in [3.05, 3.63) is 29.3 Å². The third-order valence-corrected chi connectivity index (χ3v) is 6.20. The fourth-order valence-corrected chi connectivity index (χ4v) is 4.73. The van der Waals surface area contributed by atoms with E-state index in [2.05, 4.69) is 16.4 Å². The monoisotopic (exact) mass is 387 g/mol. The van der Waals surface area contributed by atoms with Gasteiger partial charge in [0.15, 0.2) is 0 Å². The molecule has 0 bridgehead atoms. The van der Waals surface area contributed by atoms with E-state index in [4.69, 9.17) is 0 Å². The van der Waals surface area contributed by atoms with E-state index in [1.165, 1.54) is 4.70 Å². The second kappa shape index (κ2) is 7.56. The van der Waals surface area contributed by atoms with E-state index in [-0.39, 0.29) is 30.7 Å². The number of nitrogens with one attached hydrogen (secondary N) is 1. The van der Waals surface area contributed by atoms with E-state index in [1.807, 2.05) is 30.1 Å². The fraction of sp³-hybridized carbons (Fsp3) is 0.529. The van der Waals surface area contributed by atoms with Crippen LogP contribution < -0.4 is 5.32 Å². The highest BCUT2D eigenvalue weighted by atomic mass is 35.5. The van der Waals surface area contributed by atoms with Gasteiger partial charge < -0.3 is 10.2 Å². The van der Waals surface area contributed by atoms with Gasteiger partial charge in [-0.3, -0.25) is 4.79 Å². The van der Waals surface area contributed by atoms with Gasteiger partial charge in [-0.05, 0) is 49.9 Å². The molecule has 1 saturated heterocycles. The van der Waals surface area contributed by atoms with Crippen LogP contribution in [0.2, 0.25) is 0 Å². The van der Waals surface area contributed by atoms with Crippen LogP contribution in [0.25, 0.3) is 10.2 Å². The molecule has 7 heteroatoms. The molecule has 2 aliphatic rings. The highest BCUT2D eigenvalue weighted by Gasteiger charge is 2.58. The number of halogens is 2. The van der Waals surface area contributed by atoms with E-state index in [0.717, 1.165) is 42.9 Å². The summed E-state index contributed by atoms with van der Waals surface area (Å²) in [5, 5.41) is 4.42. The Bertz CT molecular complexity index is 682. The van der Waals surface area contributed by atoms with Crippen LogP contribution in [0, 0.1) is 11.3 Å². The number of thiazole rings is 1. The summed E-state index contributed by atoms with van der Waals surface area (Å²) in [7, 11) is 1.92. The van der Waals surface area contributed by atoms with E-state index in [0.29, 0.717) is 17.9 Å². The van der Waals surface area contributed by atoms with E-state index in [9.17, 15) is 4.79 Å². The minimum absolute atomic E-state index is 0. The second-order valence-electron chi connectivity index (χ2n) is 6.64. The van der Waals surface area contributed by atoms with Crippen molar-refractivity contribution >= 4 is 52.3 Å². The smallest absolute Gasteiger partial charge is 0.226 e. The molecule has 1 aromatic heterocycles. The van der Waals surface area contributed by atoms with Crippen LogP contribution in [-0.4, -0.2) is 35.9 Å². The molecule has 1 aliphatic heterocycles. The van der Waals surface area contributed by atoms with Crippen LogP contribution in [0.15, 0.2) is 24.3 Å². The van der Waals surface area contributed by atoms with Gasteiger partial charge in [-0.1, -0.05) is 12.1 Å². The molecule has 1 amide bonds. The molecule has 1 aromatic carbocycles.